The summed E-state index contributed by atoms with van der Waals surface area (Å²) in [5, 5.41) is 11.3. The van der Waals surface area contributed by atoms with Crippen LogP contribution in [-0.4, -0.2) is 47.9 Å². The molecule has 0 aliphatic heterocycles. The number of carbonyl (C=O) groups is 3. The van der Waals surface area contributed by atoms with Gasteiger partial charge < -0.3 is 15.3 Å². The minimum atomic E-state index is -1.19. The maximum atomic E-state index is 11.5. The van der Waals surface area contributed by atoms with E-state index < -0.39 is 17.8 Å². The zero-order chi connectivity index (χ0) is 13.6. The highest BCUT2D eigenvalue weighted by Gasteiger charge is 2.24. The van der Waals surface area contributed by atoms with E-state index in [1.165, 1.54) is 14.0 Å². The molecular formula is C11H20N2O4. The van der Waals surface area contributed by atoms with Crippen molar-refractivity contribution in [2.24, 2.45) is 11.8 Å². The van der Waals surface area contributed by atoms with Crippen LogP contribution in [0, 0.1) is 11.8 Å². The summed E-state index contributed by atoms with van der Waals surface area (Å²) in [5.74, 6) is -2.84. The molecule has 0 spiro atoms. The van der Waals surface area contributed by atoms with E-state index in [4.69, 9.17) is 5.11 Å². The Kier molecular flexibility index (Phi) is 6.23. The summed E-state index contributed by atoms with van der Waals surface area (Å²) in [5.41, 5.74) is 0. The highest BCUT2D eigenvalue weighted by atomic mass is 16.4. The number of carboxylic acids is 1. The van der Waals surface area contributed by atoms with E-state index in [0.29, 0.717) is 12.5 Å². The number of hydrogen-bond donors (Lipinski definition) is 2. The molecule has 0 aromatic carbocycles. The maximum absolute atomic E-state index is 11.5. The van der Waals surface area contributed by atoms with Crippen LogP contribution in [0.4, 0.5) is 0 Å². The monoisotopic (exact) mass is 244 g/mol. The Hall–Kier alpha value is -1.59. The lowest BCUT2D eigenvalue weighted by atomic mass is 10.1. The second-order valence-corrected chi connectivity index (χ2v) is 4.45. The first-order valence-electron chi connectivity index (χ1n) is 5.50. The summed E-state index contributed by atoms with van der Waals surface area (Å²) in [7, 11) is 1.41. The Morgan fingerprint density at radius 2 is 1.76 bits per heavy atom. The molecule has 0 aromatic heterocycles. The fourth-order valence-electron chi connectivity index (χ4n) is 1.10. The Balaban J connectivity index is 4.16. The van der Waals surface area contributed by atoms with Crippen LogP contribution in [0.2, 0.25) is 0 Å². The molecule has 0 fully saturated rings. The third-order valence-corrected chi connectivity index (χ3v) is 2.21. The molecular weight excluding hydrogens is 224 g/mol. The Bertz CT molecular complexity index is 302. The summed E-state index contributed by atoms with van der Waals surface area (Å²) in [6.45, 7) is 5.63. The van der Waals surface area contributed by atoms with Crippen molar-refractivity contribution in [1.82, 2.24) is 10.2 Å². The number of amides is 2. The van der Waals surface area contributed by atoms with Crippen molar-refractivity contribution in [2.75, 3.05) is 20.1 Å². The molecule has 0 saturated carbocycles. The Morgan fingerprint density at radius 3 is 2.18 bits per heavy atom. The van der Waals surface area contributed by atoms with Gasteiger partial charge >= 0.3 is 5.97 Å². The van der Waals surface area contributed by atoms with E-state index in [2.05, 4.69) is 5.32 Å². The Labute approximate surface area is 101 Å². The molecule has 98 valence electrons. The summed E-state index contributed by atoms with van der Waals surface area (Å²) in [4.78, 5) is 34.6. The molecule has 0 aromatic rings. The molecule has 0 aliphatic carbocycles. The van der Waals surface area contributed by atoms with E-state index >= 15 is 0 Å². The molecule has 0 radical (unpaired) electrons. The van der Waals surface area contributed by atoms with Crippen molar-refractivity contribution >= 4 is 17.8 Å². The molecule has 2 N–H and O–H groups in total. The molecule has 2 amide bonds. The molecule has 1 unspecified atom stereocenters. The Morgan fingerprint density at radius 1 is 1.24 bits per heavy atom. The fraction of sp³-hybridized carbons (Fsp3) is 0.727. The van der Waals surface area contributed by atoms with Crippen LogP contribution in [0.3, 0.4) is 0 Å². The molecule has 1 atom stereocenters. The largest absolute Gasteiger partial charge is 0.481 e. The SMILES string of the molecule is CC(C)CNC(=O)CN(C)C(=O)C(C)C(=O)O. The number of hydrogen-bond acceptors (Lipinski definition) is 3. The quantitative estimate of drug-likeness (QED) is 0.641. The van der Waals surface area contributed by atoms with Crippen LogP contribution in [0.15, 0.2) is 0 Å². The molecule has 0 bridgehead atoms. The lowest BCUT2D eigenvalue weighted by Gasteiger charge is -2.19. The van der Waals surface area contributed by atoms with Gasteiger partial charge in [-0.25, -0.2) is 0 Å². The molecule has 0 aliphatic rings. The van der Waals surface area contributed by atoms with E-state index in [1.54, 1.807) is 0 Å². The third kappa shape index (κ3) is 5.89. The summed E-state index contributed by atoms with van der Waals surface area (Å²) in [6.07, 6.45) is 0. The third-order valence-electron chi connectivity index (χ3n) is 2.21. The van der Waals surface area contributed by atoms with Crippen molar-refractivity contribution in [2.45, 2.75) is 20.8 Å². The van der Waals surface area contributed by atoms with Crippen LogP contribution in [-0.2, 0) is 14.4 Å². The predicted octanol–water partition coefficient (Wildman–Crippen LogP) is -0.0623. The van der Waals surface area contributed by atoms with Gasteiger partial charge in [0, 0.05) is 13.6 Å². The first-order valence-corrected chi connectivity index (χ1v) is 5.50. The smallest absolute Gasteiger partial charge is 0.315 e. The maximum Gasteiger partial charge on any atom is 0.315 e. The average molecular weight is 244 g/mol. The summed E-state index contributed by atoms with van der Waals surface area (Å²) in [6, 6.07) is 0. The lowest BCUT2D eigenvalue weighted by Crippen LogP contribution is -2.42. The van der Waals surface area contributed by atoms with Crippen LogP contribution in [0.1, 0.15) is 20.8 Å². The lowest BCUT2D eigenvalue weighted by molar-refractivity contribution is -0.150. The van der Waals surface area contributed by atoms with Gasteiger partial charge in [0.05, 0.1) is 6.54 Å². The zero-order valence-electron chi connectivity index (χ0n) is 10.7. The van der Waals surface area contributed by atoms with Gasteiger partial charge in [-0.15, -0.1) is 0 Å². The normalized spacial score (nSPS) is 12.1. The van der Waals surface area contributed by atoms with Crippen molar-refractivity contribution < 1.29 is 19.5 Å². The number of likely N-dealkylation sites (N-methyl/N-ethyl adjacent to an activating group) is 1. The minimum Gasteiger partial charge on any atom is -0.481 e. The highest BCUT2D eigenvalue weighted by Crippen LogP contribution is 2.00. The highest BCUT2D eigenvalue weighted by molar-refractivity contribution is 5.97. The average Bonchev–Trinajstić information content (AvgIpc) is 2.23. The van der Waals surface area contributed by atoms with Gasteiger partial charge in [0.1, 0.15) is 5.92 Å². The van der Waals surface area contributed by atoms with Crippen molar-refractivity contribution in [3.63, 3.8) is 0 Å². The molecule has 6 nitrogen and oxygen atoms in total. The molecule has 17 heavy (non-hydrogen) atoms. The van der Waals surface area contributed by atoms with Crippen LogP contribution >= 0.6 is 0 Å². The summed E-state index contributed by atoms with van der Waals surface area (Å²) < 4.78 is 0. The van der Waals surface area contributed by atoms with E-state index in [-0.39, 0.29) is 12.5 Å². The zero-order valence-corrected chi connectivity index (χ0v) is 10.7. The van der Waals surface area contributed by atoms with Gasteiger partial charge in [0.2, 0.25) is 11.8 Å². The number of nitrogens with zero attached hydrogens (tertiary/aromatic N) is 1. The fourth-order valence-corrected chi connectivity index (χ4v) is 1.10. The van der Waals surface area contributed by atoms with Crippen LogP contribution < -0.4 is 5.32 Å². The topological polar surface area (TPSA) is 86.7 Å². The molecule has 0 saturated heterocycles. The van der Waals surface area contributed by atoms with Crippen molar-refractivity contribution in [3.05, 3.63) is 0 Å². The van der Waals surface area contributed by atoms with Crippen LogP contribution in [0.5, 0.6) is 0 Å². The van der Waals surface area contributed by atoms with Gasteiger partial charge in [0.15, 0.2) is 0 Å². The van der Waals surface area contributed by atoms with Crippen molar-refractivity contribution in [1.29, 1.82) is 0 Å². The first-order chi connectivity index (χ1) is 7.75. The van der Waals surface area contributed by atoms with Gasteiger partial charge in [-0.1, -0.05) is 13.8 Å². The number of carbonyl (C=O) groups excluding carboxylic acids is 2. The standard InChI is InChI=1S/C11H20N2O4/c1-7(2)5-12-9(14)6-13(4)10(15)8(3)11(16)17/h7-8H,5-6H2,1-4H3,(H,12,14)(H,16,17). The molecule has 0 heterocycles. The van der Waals surface area contributed by atoms with E-state index in [1.807, 2.05) is 13.8 Å². The molecule has 6 heteroatoms. The van der Waals surface area contributed by atoms with Gasteiger partial charge in [-0.3, -0.25) is 14.4 Å². The number of nitrogens with one attached hydrogen (secondary N) is 1. The predicted molar refractivity (Wildman–Crippen MR) is 62.3 cm³/mol. The summed E-state index contributed by atoms with van der Waals surface area (Å²) >= 11 is 0. The van der Waals surface area contributed by atoms with Gasteiger partial charge in [-0.2, -0.15) is 0 Å². The van der Waals surface area contributed by atoms with Gasteiger partial charge in [0.25, 0.3) is 0 Å². The van der Waals surface area contributed by atoms with Gasteiger partial charge in [-0.05, 0) is 12.8 Å². The second-order valence-electron chi connectivity index (χ2n) is 4.45. The second kappa shape index (κ2) is 6.88. The van der Waals surface area contributed by atoms with E-state index in [0.717, 1.165) is 4.90 Å². The minimum absolute atomic E-state index is 0.122. The first kappa shape index (κ1) is 15.4. The van der Waals surface area contributed by atoms with E-state index in [9.17, 15) is 14.4 Å². The van der Waals surface area contributed by atoms with Crippen molar-refractivity contribution in [3.8, 4) is 0 Å². The number of carboxylic acid groups (broad SMARTS) is 1. The number of rotatable bonds is 6. The number of aliphatic carboxylic acids is 1. The molecule has 0 rings (SSSR count). The van der Waals surface area contributed by atoms with Crippen LogP contribution in [0.25, 0.3) is 0 Å².